The summed E-state index contributed by atoms with van der Waals surface area (Å²) in [5, 5.41) is 10.0. The van der Waals surface area contributed by atoms with E-state index in [1.165, 1.54) is 12.0 Å². The number of phenolic OH excluding ortho intramolecular Hbond substituents is 1. The van der Waals surface area contributed by atoms with Gasteiger partial charge in [0.1, 0.15) is 5.75 Å². The zero-order valence-corrected chi connectivity index (χ0v) is 15.9. The summed E-state index contributed by atoms with van der Waals surface area (Å²) in [6.45, 7) is 0.915. The second-order valence-corrected chi connectivity index (χ2v) is 8.61. The van der Waals surface area contributed by atoms with E-state index in [-0.39, 0.29) is 29.7 Å². The first-order valence-electron chi connectivity index (χ1n) is 10.00. The molecule has 0 spiro atoms. The van der Waals surface area contributed by atoms with Crippen LogP contribution in [0.3, 0.4) is 0 Å². The zero-order chi connectivity index (χ0) is 18.5. The summed E-state index contributed by atoms with van der Waals surface area (Å²) in [4.78, 5) is 17.6. The predicted molar refractivity (Wildman–Crippen MR) is 102 cm³/mol. The van der Waals surface area contributed by atoms with Gasteiger partial charge in [-0.2, -0.15) is 0 Å². The molecule has 1 heterocycles. The third-order valence-corrected chi connectivity index (χ3v) is 7.08. The van der Waals surface area contributed by atoms with Crippen LogP contribution in [-0.2, 0) is 16.8 Å². The number of benzene rings is 1. The largest absolute Gasteiger partial charge is 0.508 e. The first-order chi connectivity index (χ1) is 12.4. The van der Waals surface area contributed by atoms with Gasteiger partial charge in [-0.1, -0.05) is 25.3 Å². The van der Waals surface area contributed by atoms with Gasteiger partial charge in [0.15, 0.2) is 0 Å². The van der Waals surface area contributed by atoms with E-state index in [0.29, 0.717) is 0 Å². The minimum absolute atomic E-state index is 0.0509. The number of likely N-dealkylation sites (N-methyl/N-ethyl adjacent to an activating group) is 2. The van der Waals surface area contributed by atoms with Crippen molar-refractivity contribution < 1.29 is 9.90 Å². The summed E-state index contributed by atoms with van der Waals surface area (Å²) in [5.41, 5.74) is 8.66. The minimum Gasteiger partial charge on any atom is -0.508 e. The van der Waals surface area contributed by atoms with Crippen LogP contribution in [-0.4, -0.2) is 53.5 Å². The van der Waals surface area contributed by atoms with Crippen LogP contribution in [0.5, 0.6) is 5.75 Å². The molecule has 5 heteroatoms. The molecule has 5 nitrogen and oxygen atoms in total. The third-order valence-electron chi connectivity index (χ3n) is 7.08. The summed E-state index contributed by atoms with van der Waals surface area (Å²) in [7, 11) is 4.09. The maximum absolute atomic E-state index is 13.3. The smallest absolute Gasteiger partial charge is 0.225 e. The molecule has 1 saturated carbocycles. The quantitative estimate of drug-likeness (QED) is 0.851. The number of hydrogen-bond acceptors (Lipinski definition) is 4. The molecule has 3 atom stereocenters. The fourth-order valence-electron chi connectivity index (χ4n) is 5.60. The van der Waals surface area contributed by atoms with Crippen LogP contribution in [0.25, 0.3) is 0 Å². The maximum Gasteiger partial charge on any atom is 0.225 e. The van der Waals surface area contributed by atoms with Gasteiger partial charge in [-0.25, -0.2) is 0 Å². The van der Waals surface area contributed by atoms with E-state index >= 15 is 0 Å². The number of phenols is 1. The van der Waals surface area contributed by atoms with E-state index in [0.717, 1.165) is 50.6 Å². The lowest BCUT2D eigenvalue weighted by atomic mass is 9.66. The molecule has 0 unspecified atom stereocenters. The standard InChI is InChI=1S/C21H31N3O2/c1-23-11-10-21(22)17-13-16(25)9-8-15(17)12-18(23)19(21)24(2)20(26)14-6-4-3-5-7-14/h8-9,13-14,18-19,25H,3-7,10-12,22H2,1-2H3/t18-,19-,21+/m1/s1. The molecular formula is C21H31N3O2. The van der Waals surface area contributed by atoms with Gasteiger partial charge in [0, 0.05) is 25.6 Å². The molecule has 2 fully saturated rings. The Balaban J connectivity index is 1.71. The molecule has 2 aliphatic carbocycles. The number of carbonyl (C=O) groups excluding carboxylic acids is 1. The lowest BCUT2D eigenvalue weighted by molar-refractivity contribution is -0.143. The number of nitrogens with two attached hydrogens (primary N) is 1. The van der Waals surface area contributed by atoms with Crippen molar-refractivity contribution in [2.24, 2.45) is 11.7 Å². The fraction of sp³-hybridized carbons (Fsp3) is 0.667. The van der Waals surface area contributed by atoms with Gasteiger partial charge in [0.05, 0.1) is 11.6 Å². The highest BCUT2D eigenvalue weighted by molar-refractivity contribution is 5.79. The van der Waals surface area contributed by atoms with Crippen molar-refractivity contribution in [2.45, 2.75) is 62.6 Å². The van der Waals surface area contributed by atoms with E-state index < -0.39 is 5.54 Å². The van der Waals surface area contributed by atoms with Crippen LogP contribution in [0.1, 0.15) is 49.7 Å². The van der Waals surface area contributed by atoms with Gasteiger partial charge >= 0.3 is 0 Å². The Morgan fingerprint density at radius 2 is 2.04 bits per heavy atom. The van der Waals surface area contributed by atoms with Gasteiger partial charge < -0.3 is 20.6 Å². The lowest BCUT2D eigenvalue weighted by Crippen LogP contribution is -2.71. The molecule has 3 aliphatic rings. The van der Waals surface area contributed by atoms with Gasteiger partial charge in [-0.3, -0.25) is 4.79 Å². The summed E-state index contributed by atoms with van der Waals surface area (Å²) >= 11 is 0. The minimum atomic E-state index is -0.595. The molecule has 4 rings (SSSR count). The average Bonchev–Trinajstić information content (AvgIpc) is 2.65. The van der Waals surface area contributed by atoms with E-state index in [1.54, 1.807) is 6.07 Å². The Hall–Kier alpha value is -1.59. The highest BCUT2D eigenvalue weighted by Gasteiger charge is 2.53. The Kier molecular flexibility index (Phi) is 4.48. The Labute approximate surface area is 156 Å². The number of aromatic hydroxyl groups is 1. The number of carbonyl (C=O) groups is 1. The van der Waals surface area contributed by atoms with E-state index in [9.17, 15) is 9.90 Å². The summed E-state index contributed by atoms with van der Waals surface area (Å²) < 4.78 is 0. The van der Waals surface area contributed by atoms with Crippen molar-refractivity contribution in [3.63, 3.8) is 0 Å². The molecule has 0 radical (unpaired) electrons. The number of amides is 1. The van der Waals surface area contributed by atoms with Gasteiger partial charge in [0.25, 0.3) is 0 Å². The number of hydrogen-bond donors (Lipinski definition) is 2. The van der Waals surface area contributed by atoms with E-state index in [1.807, 2.05) is 24.1 Å². The molecule has 26 heavy (non-hydrogen) atoms. The van der Waals surface area contributed by atoms with Crippen LogP contribution in [0, 0.1) is 5.92 Å². The highest BCUT2D eigenvalue weighted by Crippen LogP contribution is 2.45. The Bertz CT molecular complexity index is 700. The van der Waals surface area contributed by atoms with Crippen molar-refractivity contribution in [3.8, 4) is 5.75 Å². The number of likely N-dealkylation sites (tertiary alicyclic amines) is 1. The molecule has 1 aromatic rings. The van der Waals surface area contributed by atoms with Crippen molar-refractivity contribution in [2.75, 3.05) is 20.6 Å². The first kappa shape index (κ1) is 17.8. The number of piperidine rings is 1. The molecule has 0 aromatic heterocycles. The third kappa shape index (κ3) is 2.72. The lowest BCUT2D eigenvalue weighted by Gasteiger charge is -2.57. The molecular weight excluding hydrogens is 326 g/mol. The predicted octanol–water partition coefficient (Wildman–Crippen LogP) is 2.21. The van der Waals surface area contributed by atoms with E-state index in [4.69, 9.17) is 5.73 Å². The van der Waals surface area contributed by atoms with Crippen LogP contribution in [0.4, 0.5) is 0 Å². The molecule has 2 bridgehead atoms. The maximum atomic E-state index is 13.3. The van der Waals surface area contributed by atoms with Crippen LogP contribution < -0.4 is 5.73 Å². The van der Waals surface area contributed by atoms with Crippen LogP contribution in [0.15, 0.2) is 18.2 Å². The molecule has 3 N–H and O–H groups in total. The normalized spacial score (nSPS) is 32.1. The number of fused-ring (bicyclic) bond motifs is 4. The van der Waals surface area contributed by atoms with Gasteiger partial charge in [-0.05, 0) is 56.0 Å². The van der Waals surface area contributed by atoms with Crippen molar-refractivity contribution in [1.29, 1.82) is 0 Å². The fourth-order valence-corrected chi connectivity index (χ4v) is 5.60. The SMILES string of the molecule is CN1CC[C@]2(N)c3cc(O)ccc3C[C@@H]1[C@H]2N(C)C(=O)C1CCCCC1. The Morgan fingerprint density at radius 1 is 1.31 bits per heavy atom. The zero-order valence-electron chi connectivity index (χ0n) is 15.9. The van der Waals surface area contributed by atoms with Crippen LogP contribution in [0.2, 0.25) is 0 Å². The van der Waals surface area contributed by atoms with Crippen molar-refractivity contribution in [1.82, 2.24) is 9.80 Å². The highest BCUT2D eigenvalue weighted by atomic mass is 16.3. The second kappa shape index (κ2) is 6.54. The van der Waals surface area contributed by atoms with E-state index in [2.05, 4.69) is 11.9 Å². The Morgan fingerprint density at radius 3 is 2.77 bits per heavy atom. The summed E-state index contributed by atoms with van der Waals surface area (Å²) in [5.74, 6) is 0.661. The molecule has 1 aromatic carbocycles. The monoisotopic (exact) mass is 357 g/mol. The van der Waals surface area contributed by atoms with Crippen molar-refractivity contribution >= 4 is 5.91 Å². The molecule has 1 saturated heterocycles. The molecule has 1 amide bonds. The number of nitrogens with zero attached hydrogens (tertiary/aromatic N) is 2. The second-order valence-electron chi connectivity index (χ2n) is 8.61. The first-order valence-corrected chi connectivity index (χ1v) is 10.00. The summed E-state index contributed by atoms with van der Waals surface area (Å²) in [6.07, 6.45) is 7.24. The van der Waals surface area contributed by atoms with Gasteiger partial charge in [-0.15, -0.1) is 0 Å². The topological polar surface area (TPSA) is 69.8 Å². The molecule has 142 valence electrons. The van der Waals surface area contributed by atoms with Crippen molar-refractivity contribution in [3.05, 3.63) is 29.3 Å². The summed E-state index contributed by atoms with van der Waals surface area (Å²) in [6, 6.07) is 5.74. The molecule has 1 aliphatic heterocycles. The number of rotatable bonds is 2. The van der Waals surface area contributed by atoms with Crippen LogP contribution >= 0.6 is 0 Å². The van der Waals surface area contributed by atoms with Gasteiger partial charge in [0.2, 0.25) is 5.91 Å². The average molecular weight is 357 g/mol.